The summed E-state index contributed by atoms with van der Waals surface area (Å²) in [5.74, 6) is 0.594. The average Bonchev–Trinajstić information content (AvgIpc) is 2.25. The molecule has 0 fully saturated rings. The molecule has 2 rings (SSSR count). The first-order valence-corrected chi connectivity index (χ1v) is 5.66. The van der Waals surface area contributed by atoms with Gasteiger partial charge in [0, 0.05) is 12.1 Å². The Balaban J connectivity index is 2.44. The topological polar surface area (TPSA) is 46.2 Å². The largest absolute Gasteiger partial charge is 0.396 e. The summed E-state index contributed by atoms with van der Waals surface area (Å²) in [5, 5.41) is 9.10. The second kappa shape index (κ2) is 3.95. The molecule has 3 N–H and O–H groups in total. The van der Waals surface area contributed by atoms with Crippen molar-refractivity contribution in [3.63, 3.8) is 0 Å². The summed E-state index contributed by atoms with van der Waals surface area (Å²) in [6.45, 7) is 2.41. The number of nitrogens with two attached hydrogens (primary N) is 1. The van der Waals surface area contributed by atoms with Gasteiger partial charge in [0.15, 0.2) is 0 Å². The van der Waals surface area contributed by atoms with Gasteiger partial charge in [-0.3, -0.25) is 0 Å². The minimum absolute atomic E-state index is 0.166. The summed E-state index contributed by atoms with van der Waals surface area (Å²) in [5.41, 5.74) is 8.67. The van der Waals surface area contributed by atoms with E-state index >= 15 is 0 Å². The van der Waals surface area contributed by atoms with E-state index < -0.39 is 0 Å². The van der Waals surface area contributed by atoms with Crippen molar-refractivity contribution in [2.45, 2.75) is 37.6 Å². The van der Waals surface area contributed by atoms with Crippen molar-refractivity contribution in [3.05, 3.63) is 35.4 Å². The number of hydrogen-bond donors (Lipinski definition) is 2. The molecule has 1 aromatic rings. The number of aliphatic hydroxyl groups is 1. The van der Waals surface area contributed by atoms with Crippen LogP contribution in [0.4, 0.5) is 0 Å². The highest BCUT2D eigenvalue weighted by molar-refractivity contribution is 5.38. The molecule has 0 spiro atoms. The standard InChI is InChI=1S/C13H19NO/c1-10-6-7-13(14,8-9-15)12-5-3-2-4-11(10)12/h2-5,10,15H,6-9,14H2,1H3. The van der Waals surface area contributed by atoms with Crippen LogP contribution < -0.4 is 5.73 Å². The van der Waals surface area contributed by atoms with Crippen molar-refractivity contribution >= 4 is 0 Å². The van der Waals surface area contributed by atoms with Crippen LogP contribution in [0.15, 0.2) is 24.3 Å². The molecule has 2 atom stereocenters. The molecule has 1 aliphatic carbocycles. The Kier molecular flexibility index (Phi) is 2.81. The van der Waals surface area contributed by atoms with E-state index in [4.69, 9.17) is 10.8 Å². The van der Waals surface area contributed by atoms with E-state index in [9.17, 15) is 0 Å². The highest BCUT2D eigenvalue weighted by Gasteiger charge is 2.34. The fraction of sp³-hybridized carbons (Fsp3) is 0.538. The van der Waals surface area contributed by atoms with Crippen LogP contribution in [0.25, 0.3) is 0 Å². The molecule has 0 aliphatic heterocycles. The van der Waals surface area contributed by atoms with Crippen molar-refractivity contribution in [3.8, 4) is 0 Å². The zero-order valence-electron chi connectivity index (χ0n) is 9.24. The first kappa shape index (κ1) is 10.7. The number of aliphatic hydroxyl groups excluding tert-OH is 1. The molecule has 0 amide bonds. The summed E-state index contributed by atoms with van der Waals surface area (Å²) in [7, 11) is 0. The van der Waals surface area contributed by atoms with E-state index in [2.05, 4.69) is 25.1 Å². The van der Waals surface area contributed by atoms with Gasteiger partial charge >= 0.3 is 0 Å². The molecule has 0 aromatic heterocycles. The Labute approximate surface area is 91.1 Å². The summed E-state index contributed by atoms with van der Waals surface area (Å²) >= 11 is 0. The highest BCUT2D eigenvalue weighted by Crippen LogP contribution is 2.41. The van der Waals surface area contributed by atoms with Crippen molar-refractivity contribution in [2.24, 2.45) is 5.73 Å². The lowest BCUT2D eigenvalue weighted by molar-refractivity contribution is 0.219. The third-order valence-electron chi connectivity index (χ3n) is 3.61. The molecule has 0 bridgehead atoms. The lowest BCUT2D eigenvalue weighted by Gasteiger charge is -2.38. The molecular formula is C13H19NO. The normalized spacial score (nSPS) is 29.9. The van der Waals surface area contributed by atoms with Gasteiger partial charge in [-0.2, -0.15) is 0 Å². The fourth-order valence-corrected chi connectivity index (χ4v) is 2.60. The third-order valence-corrected chi connectivity index (χ3v) is 3.61. The quantitative estimate of drug-likeness (QED) is 0.777. The molecule has 15 heavy (non-hydrogen) atoms. The minimum Gasteiger partial charge on any atom is -0.396 e. The zero-order chi connectivity index (χ0) is 10.9. The molecule has 2 unspecified atom stereocenters. The summed E-state index contributed by atoms with van der Waals surface area (Å²) in [4.78, 5) is 0. The maximum atomic E-state index is 9.10. The van der Waals surface area contributed by atoms with Crippen molar-refractivity contribution in [1.29, 1.82) is 0 Å². The third kappa shape index (κ3) is 1.80. The second-order valence-corrected chi connectivity index (χ2v) is 4.66. The molecule has 0 saturated carbocycles. The van der Waals surface area contributed by atoms with Gasteiger partial charge in [-0.25, -0.2) is 0 Å². The van der Waals surface area contributed by atoms with Crippen LogP contribution in [0, 0.1) is 0 Å². The van der Waals surface area contributed by atoms with Gasteiger partial charge in [0.2, 0.25) is 0 Å². The molecule has 2 nitrogen and oxygen atoms in total. The van der Waals surface area contributed by atoms with Gasteiger partial charge in [-0.1, -0.05) is 31.2 Å². The Morgan fingerprint density at radius 1 is 1.47 bits per heavy atom. The monoisotopic (exact) mass is 205 g/mol. The van der Waals surface area contributed by atoms with Crippen LogP contribution in [-0.2, 0) is 5.54 Å². The van der Waals surface area contributed by atoms with Gasteiger partial charge in [-0.15, -0.1) is 0 Å². The number of hydrogen-bond acceptors (Lipinski definition) is 2. The van der Waals surface area contributed by atoms with E-state index in [-0.39, 0.29) is 12.1 Å². The highest BCUT2D eigenvalue weighted by atomic mass is 16.3. The predicted octanol–water partition coefficient (Wildman–Crippen LogP) is 2.12. The average molecular weight is 205 g/mol. The van der Waals surface area contributed by atoms with E-state index in [0.29, 0.717) is 12.3 Å². The first-order chi connectivity index (χ1) is 7.17. The van der Waals surface area contributed by atoms with Crippen LogP contribution in [0.5, 0.6) is 0 Å². The number of benzene rings is 1. The maximum absolute atomic E-state index is 9.10. The van der Waals surface area contributed by atoms with E-state index in [1.165, 1.54) is 11.1 Å². The Morgan fingerprint density at radius 3 is 2.93 bits per heavy atom. The van der Waals surface area contributed by atoms with E-state index in [1.54, 1.807) is 0 Å². The Hall–Kier alpha value is -0.860. The Bertz CT molecular complexity index is 350. The Morgan fingerprint density at radius 2 is 2.20 bits per heavy atom. The van der Waals surface area contributed by atoms with Gasteiger partial charge < -0.3 is 10.8 Å². The molecular weight excluding hydrogens is 186 g/mol. The lowest BCUT2D eigenvalue weighted by Crippen LogP contribution is -2.41. The molecule has 0 heterocycles. The summed E-state index contributed by atoms with van der Waals surface area (Å²) in [6, 6.07) is 8.38. The number of rotatable bonds is 2. The fourth-order valence-electron chi connectivity index (χ4n) is 2.60. The van der Waals surface area contributed by atoms with Crippen LogP contribution in [0.2, 0.25) is 0 Å². The lowest BCUT2D eigenvalue weighted by atomic mass is 9.71. The minimum atomic E-state index is -0.308. The molecule has 2 heteroatoms. The SMILES string of the molecule is CC1CCC(N)(CCO)c2ccccc21. The molecule has 82 valence electrons. The molecule has 1 aromatic carbocycles. The second-order valence-electron chi connectivity index (χ2n) is 4.66. The van der Waals surface area contributed by atoms with Gasteiger partial charge in [-0.05, 0) is 36.3 Å². The zero-order valence-corrected chi connectivity index (χ0v) is 9.24. The molecule has 1 aliphatic rings. The van der Waals surface area contributed by atoms with E-state index in [0.717, 1.165) is 12.8 Å². The van der Waals surface area contributed by atoms with Crippen LogP contribution >= 0.6 is 0 Å². The van der Waals surface area contributed by atoms with Crippen molar-refractivity contribution in [1.82, 2.24) is 0 Å². The maximum Gasteiger partial charge on any atom is 0.0451 e. The summed E-state index contributed by atoms with van der Waals surface area (Å²) < 4.78 is 0. The van der Waals surface area contributed by atoms with Gasteiger partial charge in [0.25, 0.3) is 0 Å². The predicted molar refractivity (Wildman–Crippen MR) is 61.7 cm³/mol. The van der Waals surface area contributed by atoms with Crippen LogP contribution in [0.3, 0.4) is 0 Å². The van der Waals surface area contributed by atoms with Gasteiger partial charge in [0.1, 0.15) is 0 Å². The van der Waals surface area contributed by atoms with Gasteiger partial charge in [0.05, 0.1) is 0 Å². The van der Waals surface area contributed by atoms with E-state index in [1.807, 2.05) is 6.07 Å². The van der Waals surface area contributed by atoms with Crippen molar-refractivity contribution in [2.75, 3.05) is 6.61 Å². The van der Waals surface area contributed by atoms with Crippen LogP contribution in [0.1, 0.15) is 43.2 Å². The van der Waals surface area contributed by atoms with Crippen molar-refractivity contribution < 1.29 is 5.11 Å². The summed E-state index contributed by atoms with van der Waals surface area (Å²) in [6.07, 6.45) is 2.76. The first-order valence-electron chi connectivity index (χ1n) is 5.66. The molecule has 0 radical (unpaired) electrons. The number of fused-ring (bicyclic) bond motifs is 1. The van der Waals surface area contributed by atoms with Crippen LogP contribution in [-0.4, -0.2) is 11.7 Å². The smallest absolute Gasteiger partial charge is 0.0451 e. The molecule has 0 saturated heterocycles.